The summed E-state index contributed by atoms with van der Waals surface area (Å²) in [6.07, 6.45) is 0. The number of hydrogen-bond acceptors (Lipinski definition) is 4. The number of amides is 1. The summed E-state index contributed by atoms with van der Waals surface area (Å²) in [7, 11) is 0. The van der Waals surface area contributed by atoms with Crippen molar-refractivity contribution in [1.29, 1.82) is 0 Å². The first-order valence-electron chi connectivity index (χ1n) is 7.23. The molecule has 0 bridgehead atoms. The molecule has 0 spiro atoms. The van der Waals surface area contributed by atoms with Crippen LogP contribution in [-0.4, -0.2) is 24.1 Å². The van der Waals surface area contributed by atoms with Crippen LogP contribution in [0.3, 0.4) is 0 Å². The Labute approximate surface area is 156 Å². The molecule has 1 N–H and O–H groups in total. The van der Waals surface area contributed by atoms with Gasteiger partial charge in [0.2, 0.25) is 5.91 Å². The number of Topliss-reactive ketones (excluding diaryl/α,β-unsaturated/α-hetero) is 1. The third-order valence-electron chi connectivity index (χ3n) is 3.13. The van der Waals surface area contributed by atoms with Gasteiger partial charge in [0, 0.05) is 16.1 Å². The van der Waals surface area contributed by atoms with Gasteiger partial charge < -0.3 is 10.1 Å². The summed E-state index contributed by atoms with van der Waals surface area (Å²) in [5.74, 6) is -1.59. The molecule has 0 saturated heterocycles. The van der Waals surface area contributed by atoms with Gasteiger partial charge in [0.05, 0.1) is 10.8 Å². The van der Waals surface area contributed by atoms with Crippen LogP contribution in [0.15, 0.2) is 41.3 Å². The Morgan fingerprint density at radius 2 is 1.96 bits per heavy atom. The van der Waals surface area contributed by atoms with Crippen molar-refractivity contribution in [3.05, 3.63) is 52.8 Å². The van der Waals surface area contributed by atoms with Crippen LogP contribution in [0.25, 0.3) is 0 Å². The maximum absolute atomic E-state index is 13.9. The third kappa shape index (κ3) is 5.67. The van der Waals surface area contributed by atoms with Crippen LogP contribution in [0, 0.1) is 5.82 Å². The lowest BCUT2D eigenvalue weighted by Gasteiger charge is -2.10. The van der Waals surface area contributed by atoms with Crippen molar-refractivity contribution in [2.45, 2.75) is 18.4 Å². The highest BCUT2D eigenvalue weighted by Crippen LogP contribution is 2.29. The van der Waals surface area contributed by atoms with Crippen molar-refractivity contribution in [2.24, 2.45) is 0 Å². The summed E-state index contributed by atoms with van der Waals surface area (Å²) < 4.78 is 42.4. The van der Waals surface area contributed by atoms with Gasteiger partial charge in [0.1, 0.15) is 11.6 Å². The van der Waals surface area contributed by atoms with Gasteiger partial charge in [0.25, 0.3) is 0 Å². The fourth-order valence-electron chi connectivity index (χ4n) is 1.95. The number of thioether (sulfide) groups is 1. The summed E-state index contributed by atoms with van der Waals surface area (Å²) in [6.45, 7) is -1.67. The summed E-state index contributed by atoms with van der Waals surface area (Å²) in [5, 5.41) is 2.44. The minimum absolute atomic E-state index is 0.0818. The molecule has 0 saturated carbocycles. The molecule has 0 radical (unpaired) electrons. The average Bonchev–Trinajstić information content (AvgIpc) is 2.55. The number of nitrogens with one attached hydrogen (secondary N) is 1. The molecule has 0 aromatic heterocycles. The Hall–Kier alpha value is -2.19. The van der Waals surface area contributed by atoms with Gasteiger partial charge in [-0.05, 0) is 37.3 Å². The van der Waals surface area contributed by atoms with Gasteiger partial charge in [-0.3, -0.25) is 9.59 Å². The van der Waals surface area contributed by atoms with Gasteiger partial charge in [-0.25, -0.2) is 4.39 Å². The van der Waals surface area contributed by atoms with Crippen LogP contribution in [-0.2, 0) is 4.79 Å². The molecule has 0 atom stereocenters. The monoisotopic (exact) mass is 403 g/mol. The predicted octanol–water partition coefficient (Wildman–Crippen LogP) is 5.01. The number of alkyl halides is 2. The van der Waals surface area contributed by atoms with E-state index < -0.39 is 18.3 Å². The summed E-state index contributed by atoms with van der Waals surface area (Å²) in [6, 6.07) is 7.85. The first-order valence-corrected chi connectivity index (χ1v) is 8.60. The lowest BCUT2D eigenvalue weighted by atomic mass is 10.1. The number of anilines is 1. The van der Waals surface area contributed by atoms with Gasteiger partial charge >= 0.3 is 6.61 Å². The van der Waals surface area contributed by atoms with E-state index in [1.54, 1.807) is 0 Å². The lowest BCUT2D eigenvalue weighted by Crippen LogP contribution is -2.14. The molecule has 0 fully saturated rings. The zero-order chi connectivity index (χ0) is 19.3. The standard InChI is InChI=1S/C17H13ClF3NO3S/c1-9(23)10-2-5-15(13(19)6-10)26-8-16(24)22-11-3-4-14(12(18)7-11)25-17(20)21/h2-7,17H,8H2,1H3,(H,22,24). The van der Waals surface area contributed by atoms with E-state index in [0.29, 0.717) is 0 Å². The number of ketones is 1. The molecular formula is C17H13ClF3NO3S. The van der Waals surface area contributed by atoms with Crippen LogP contribution < -0.4 is 10.1 Å². The summed E-state index contributed by atoms with van der Waals surface area (Å²) >= 11 is 6.75. The van der Waals surface area contributed by atoms with Gasteiger partial charge in [-0.15, -0.1) is 11.8 Å². The largest absolute Gasteiger partial charge is 0.433 e. The number of hydrogen-bond donors (Lipinski definition) is 1. The minimum Gasteiger partial charge on any atom is -0.433 e. The Morgan fingerprint density at radius 1 is 1.23 bits per heavy atom. The van der Waals surface area contributed by atoms with Crippen LogP contribution in [0.2, 0.25) is 5.02 Å². The second-order valence-electron chi connectivity index (χ2n) is 5.06. The molecular weight excluding hydrogens is 391 g/mol. The number of carbonyl (C=O) groups is 2. The molecule has 1 amide bonds. The van der Waals surface area contributed by atoms with E-state index >= 15 is 0 Å². The molecule has 0 aliphatic heterocycles. The van der Waals surface area contributed by atoms with E-state index in [1.165, 1.54) is 37.3 Å². The molecule has 2 rings (SSSR count). The maximum Gasteiger partial charge on any atom is 0.387 e. The molecule has 26 heavy (non-hydrogen) atoms. The fraction of sp³-hybridized carbons (Fsp3) is 0.176. The van der Waals surface area contributed by atoms with Crippen LogP contribution in [0.1, 0.15) is 17.3 Å². The topological polar surface area (TPSA) is 55.4 Å². The lowest BCUT2D eigenvalue weighted by molar-refractivity contribution is -0.113. The number of carbonyl (C=O) groups excluding carboxylic acids is 2. The molecule has 2 aromatic rings. The van der Waals surface area contributed by atoms with Crippen LogP contribution in [0.4, 0.5) is 18.9 Å². The van der Waals surface area contributed by atoms with Crippen LogP contribution in [0.5, 0.6) is 5.75 Å². The molecule has 0 aliphatic carbocycles. The van der Waals surface area contributed by atoms with E-state index in [9.17, 15) is 22.8 Å². The first kappa shape index (κ1) is 20.1. The van der Waals surface area contributed by atoms with E-state index in [2.05, 4.69) is 10.1 Å². The molecule has 138 valence electrons. The van der Waals surface area contributed by atoms with Crippen molar-refractivity contribution in [3.63, 3.8) is 0 Å². The van der Waals surface area contributed by atoms with E-state index in [-0.39, 0.29) is 38.5 Å². The van der Waals surface area contributed by atoms with Crippen molar-refractivity contribution in [1.82, 2.24) is 0 Å². The van der Waals surface area contributed by atoms with Crippen molar-refractivity contribution < 1.29 is 27.5 Å². The molecule has 0 aliphatic rings. The number of benzene rings is 2. The van der Waals surface area contributed by atoms with E-state index in [0.717, 1.165) is 17.8 Å². The Morgan fingerprint density at radius 3 is 2.54 bits per heavy atom. The minimum atomic E-state index is -3.01. The summed E-state index contributed by atoms with van der Waals surface area (Å²) in [4.78, 5) is 23.4. The van der Waals surface area contributed by atoms with Crippen molar-refractivity contribution >= 4 is 40.7 Å². The van der Waals surface area contributed by atoms with Crippen molar-refractivity contribution in [2.75, 3.05) is 11.1 Å². The van der Waals surface area contributed by atoms with Gasteiger partial charge in [0.15, 0.2) is 5.78 Å². The maximum atomic E-state index is 13.9. The third-order valence-corrected chi connectivity index (χ3v) is 4.47. The normalized spacial score (nSPS) is 10.7. The Kier molecular flexibility index (Phi) is 6.93. The second kappa shape index (κ2) is 8.95. The Bertz CT molecular complexity index is 833. The number of ether oxygens (including phenoxy) is 1. The second-order valence-corrected chi connectivity index (χ2v) is 6.49. The Balaban J connectivity index is 1.95. The van der Waals surface area contributed by atoms with Crippen molar-refractivity contribution in [3.8, 4) is 5.75 Å². The van der Waals surface area contributed by atoms with E-state index in [1.807, 2.05) is 0 Å². The summed E-state index contributed by atoms with van der Waals surface area (Å²) in [5.41, 5.74) is 0.534. The molecule has 0 heterocycles. The zero-order valence-electron chi connectivity index (χ0n) is 13.4. The smallest absolute Gasteiger partial charge is 0.387 e. The van der Waals surface area contributed by atoms with Gasteiger partial charge in [-0.2, -0.15) is 8.78 Å². The average molecular weight is 404 g/mol. The number of rotatable bonds is 7. The first-order chi connectivity index (χ1) is 12.3. The quantitative estimate of drug-likeness (QED) is 0.521. The molecule has 0 unspecified atom stereocenters. The fourth-order valence-corrected chi connectivity index (χ4v) is 2.89. The SMILES string of the molecule is CC(=O)c1ccc(SCC(=O)Nc2ccc(OC(F)F)c(Cl)c2)c(F)c1. The predicted molar refractivity (Wildman–Crippen MR) is 93.8 cm³/mol. The van der Waals surface area contributed by atoms with Crippen LogP contribution >= 0.6 is 23.4 Å². The highest BCUT2D eigenvalue weighted by Gasteiger charge is 2.12. The highest BCUT2D eigenvalue weighted by atomic mass is 35.5. The highest BCUT2D eigenvalue weighted by molar-refractivity contribution is 8.00. The van der Waals surface area contributed by atoms with E-state index in [4.69, 9.17) is 11.6 Å². The molecule has 9 heteroatoms. The number of halogens is 4. The molecule has 2 aromatic carbocycles. The zero-order valence-corrected chi connectivity index (χ0v) is 15.0. The molecule has 4 nitrogen and oxygen atoms in total. The van der Waals surface area contributed by atoms with Gasteiger partial charge in [-0.1, -0.05) is 17.7 Å².